The predicted molar refractivity (Wildman–Crippen MR) is 68.5 cm³/mol. The molecular weight excluding hydrogens is 270 g/mol. The second-order valence-corrected chi connectivity index (χ2v) is 4.34. The molecular formula is C13H12F2N2O3. The van der Waals surface area contributed by atoms with E-state index in [1.54, 1.807) is 19.1 Å². The third-order valence-electron chi connectivity index (χ3n) is 2.75. The molecule has 1 heterocycles. The van der Waals surface area contributed by atoms with Crippen molar-refractivity contribution >= 4 is 11.4 Å². The van der Waals surface area contributed by atoms with Gasteiger partial charge in [0, 0.05) is 18.5 Å². The van der Waals surface area contributed by atoms with E-state index in [4.69, 9.17) is 4.42 Å². The molecule has 1 N–H and O–H groups in total. The first kappa shape index (κ1) is 14.0. The monoisotopic (exact) mass is 282 g/mol. The van der Waals surface area contributed by atoms with Gasteiger partial charge in [-0.05, 0) is 25.1 Å². The van der Waals surface area contributed by atoms with Crippen LogP contribution in [0.2, 0.25) is 0 Å². The highest BCUT2D eigenvalue weighted by molar-refractivity contribution is 5.63. The van der Waals surface area contributed by atoms with Crippen LogP contribution in [0.1, 0.15) is 12.7 Å². The van der Waals surface area contributed by atoms with Crippen LogP contribution in [0.3, 0.4) is 0 Å². The minimum atomic E-state index is -1.26. The van der Waals surface area contributed by atoms with Gasteiger partial charge in [0.1, 0.15) is 5.76 Å². The van der Waals surface area contributed by atoms with E-state index in [-0.39, 0.29) is 6.04 Å². The van der Waals surface area contributed by atoms with Gasteiger partial charge in [0.15, 0.2) is 17.3 Å². The lowest BCUT2D eigenvalue weighted by Gasteiger charge is -2.14. The molecule has 20 heavy (non-hydrogen) atoms. The van der Waals surface area contributed by atoms with E-state index in [1.807, 2.05) is 0 Å². The smallest absolute Gasteiger partial charge is 0.295 e. The molecule has 0 aliphatic rings. The van der Waals surface area contributed by atoms with Gasteiger partial charge in [-0.25, -0.2) is 8.78 Å². The maximum atomic E-state index is 13.7. The van der Waals surface area contributed by atoms with E-state index in [2.05, 4.69) is 5.32 Å². The summed E-state index contributed by atoms with van der Waals surface area (Å²) < 4.78 is 32.0. The van der Waals surface area contributed by atoms with Gasteiger partial charge in [0.05, 0.1) is 11.2 Å². The first-order valence-corrected chi connectivity index (χ1v) is 5.90. The van der Waals surface area contributed by atoms with Crippen LogP contribution in [-0.2, 0) is 6.42 Å². The zero-order chi connectivity index (χ0) is 14.7. The molecule has 0 fully saturated rings. The molecule has 0 spiro atoms. The lowest BCUT2D eigenvalue weighted by atomic mass is 10.1. The fourth-order valence-electron chi connectivity index (χ4n) is 1.86. The molecule has 0 aliphatic heterocycles. The number of furan rings is 1. The van der Waals surface area contributed by atoms with Gasteiger partial charge >= 0.3 is 0 Å². The fraction of sp³-hybridized carbons (Fsp3) is 0.231. The minimum absolute atomic E-state index is 0.365. The van der Waals surface area contributed by atoms with E-state index in [0.717, 1.165) is 12.1 Å². The highest BCUT2D eigenvalue weighted by atomic mass is 19.2. The number of rotatable bonds is 5. The number of nitrogens with zero attached hydrogens (tertiary/aromatic N) is 1. The van der Waals surface area contributed by atoms with Crippen LogP contribution >= 0.6 is 0 Å². The molecule has 7 heteroatoms. The van der Waals surface area contributed by atoms with Crippen LogP contribution in [0, 0.1) is 21.7 Å². The number of hydrogen-bond donors (Lipinski definition) is 1. The Balaban J connectivity index is 2.23. The van der Waals surface area contributed by atoms with Crippen molar-refractivity contribution in [2.24, 2.45) is 0 Å². The second kappa shape index (κ2) is 5.68. The summed E-state index contributed by atoms with van der Waals surface area (Å²) in [4.78, 5) is 10.1. The number of halogens is 2. The van der Waals surface area contributed by atoms with Gasteiger partial charge in [-0.1, -0.05) is 0 Å². The first-order valence-electron chi connectivity index (χ1n) is 5.90. The van der Waals surface area contributed by atoms with Crippen LogP contribution < -0.4 is 5.32 Å². The number of nitro benzene ring substituents is 1. The maximum absolute atomic E-state index is 13.7. The minimum Gasteiger partial charge on any atom is -0.469 e. The summed E-state index contributed by atoms with van der Waals surface area (Å²) in [6, 6.07) is 4.73. The van der Waals surface area contributed by atoms with Gasteiger partial charge in [-0.2, -0.15) is 0 Å². The SMILES string of the molecule is CC(Cc1ccco1)Nc1c([N+](=O)[O-])ccc(F)c1F. The van der Waals surface area contributed by atoms with Crippen molar-refractivity contribution in [3.63, 3.8) is 0 Å². The number of anilines is 1. The van der Waals surface area contributed by atoms with Crippen molar-refractivity contribution in [2.45, 2.75) is 19.4 Å². The zero-order valence-electron chi connectivity index (χ0n) is 10.6. The van der Waals surface area contributed by atoms with Crippen molar-refractivity contribution in [3.8, 4) is 0 Å². The Morgan fingerprint density at radius 1 is 1.40 bits per heavy atom. The second-order valence-electron chi connectivity index (χ2n) is 4.34. The largest absolute Gasteiger partial charge is 0.469 e. The van der Waals surface area contributed by atoms with Crippen molar-refractivity contribution in [3.05, 3.63) is 58.0 Å². The van der Waals surface area contributed by atoms with Crippen molar-refractivity contribution in [2.75, 3.05) is 5.32 Å². The van der Waals surface area contributed by atoms with Crippen molar-refractivity contribution < 1.29 is 18.1 Å². The first-order chi connectivity index (χ1) is 9.49. The topological polar surface area (TPSA) is 68.3 Å². The van der Waals surface area contributed by atoms with Crippen LogP contribution in [-0.4, -0.2) is 11.0 Å². The predicted octanol–water partition coefficient (Wildman–Crippen LogP) is 3.51. The molecule has 2 rings (SSSR count). The number of nitrogens with one attached hydrogen (secondary N) is 1. The van der Waals surface area contributed by atoms with E-state index < -0.39 is 27.9 Å². The summed E-state index contributed by atoms with van der Waals surface area (Å²) in [5, 5.41) is 13.5. The van der Waals surface area contributed by atoms with Crippen LogP contribution in [0.25, 0.3) is 0 Å². The Bertz CT molecular complexity index is 614. The fourth-order valence-corrected chi connectivity index (χ4v) is 1.86. The Kier molecular flexibility index (Phi) is 3.97. The van der Waals surface area contributed by atoms with Gasteiger partial charge in [0.25, 0.3) is 5.69 Å². The summed E-state index contributed by atoms with van der Waals surface area (Å²) in [5.74, 6) is -1.75. The molecule has 5 nitrogen and oxygen atoms in total. The summed E-state index contributed by atoms with van der Waals surface area (Å²) in [6.07, 6.45) is 1.88. The highest BCUT2D eigenvalue weighted by Crippen LogP contribution is 2.30. The molecule has 2 aromatic rings. The average molecular weight is 282 g/mol. The zero-order valence-corrected chi connectivity index (χ0v) is 10.6. The van der Waals surface area contributed by atoms with Gasteiger partial charge in [0.2, 0.25) is 0 Å². The molecule has 0 saturated heterocycles. The maximum Gasteiger partial charge on any atom is 0.295 e. The van der Waals surface area contributed by atoms with E-state index in [9.17, 15) is 18.9 Å². The Labute approximate surface area is 113 Å². The molecule has 1 aromatic carbocycles. The summed E-state index contributed by atoms with van der Waals surface area (Å²) >= 11 is 0. The average Bonchev–Trinajstić information content (AvgIpc) is 2.87. The van der Waals surface area contributed by atoms with Gasteiger partial charge in [-0.3, -0.25) is 10.1 Å². The third kappa shape index (κ3) is 2.93. The Hall–Kier alpha value is -2.44. The Morgan fingerprint density at radius 2 is 2.15 bits per heavy atom. The third-order valence-corrected chi connectivity index (χ3v) is 2.75. The lowest BCUT2D eigenvalue weighted by molar-refractivity contribution is -0.384. The normalized spacial score (nSPS) is 12.2. The van der Waals surface area contributed by atoms with E-state index in [0.29, 0.717) is 12.2 Å². The molecule has 1 aromatic heterocycles. The molecule has 1 unspecified atom stereocenters. The van der Waals surface area contributed by atoms with Gasteiger partial charge in [-0.15, -0.1) is 0 Å². The molecule has 0 radical (unpaired) electrons. The number of hydrogen-bond acceptors (Lipinski definition) is 4. The van der Waals surface area contributed by atoms with Crippen molar-refractivity contribution in [1.82, 2.24) is 0 Å². The van der Waals surface area contributed by atoms with E-state index in [1.165, 1.54) is 6.26 Å². The number of nitro groups is 1. The van der Waals surface area contributed by atoms with Gasteiger partial charge < -0.3 is 9.73 Å². The summed E-state index contributed by atoms with van der Waals surface area (Å²) in [6.45, 7) is 1.69. The molecule has 0 amide bonds. The highest BCUT2D eigenvalue weighted by Gasteiger charge is 2.23. The standard InChI is InChI=1S/C13H12F2N2O3/c1-8(7-9-3-2-6-20-9)16-13-11(17(18)19)5-4-10(14)12(13)15/h2-6,8,16H,7H2,1H3. The molecule has 0 bridgehead atoms. The number of benzene rings is 1. The van der Waals surface area contributed by atoms with Crippen LogP contribution in [0.4, 0.5) is 20.2 Å². The summed E-state index contributed by atoms with van der Waals surface area (Å²) in [5.41, 5.74) is -0.954. The molecule has 0 aliphatic carbocycles. The van der Waals surface area contributed by atoms with Crippen molar-refractivity contribution in [1.29, 1.82) is 0 Å². The molecule has 0 saturated carbocycles. The summed E-state index contributed by atoms with van der Waals surface area (Å²) in [7, 11) is 0. The quantitative estimate of drug-likeness (QED) is 0.673. The molecule has 106 valence electrons. The van der Waals surface area contributed by atoms with Crippen LogP contribution in [0.15, 0.2) is 34.9 Å². The van der Waals surface area contributed by atoms with Crippen LogP contribution in [0.5, 0.6) is 0 Å². The molecule has 1 atom stereocenters. The lowest BCUT2D eigenvalue weighted by Crippen LogP contribution is -2.20. The Morgan fingerprint density at radius 3 is 2.75 bits per heavy atom. The van der Waals surface area contributed by atoms with E-state index >= 15 is 0 Å².